The van der Waals surface area contributed by atoms with E-state index in [0.29, 0.717) is 27.3 Å². The number of hydrogen-bond acceptors (Lipinski definition) is 4. The van der Waals surface area contributed by atoms with Crippen molar-refractivity contribution in [2.24, 2.45) is 0 Å². The second-order valence-electron chi connectivity index (χ2n) is 6.20. The third-order valence-corrected chi connectivity index (χ3v) is 5.74. The Kier molecular flexibility index (Phi) is 5.83. The highest BCUT2D eigenvalue weighted by Gasteiger charge is 2.19. The zero-order chi connectivity index (χ0) is 20.2. The summed E-state index contributed by atoms with van der Waals surface area (Å²) in [6, 6.07) is 21.7. The number of hydrogen-bond donors (Lipinski definition) is 0. The van der Waals surface area contributed by atoms with Crippen LogP contribution in [0.3, 0.4) is 0 Å². The maximum absolute atomic E-state index is 14.5. The van der Waals surface area contributed by atoms with E-state index in [-0.39, 0.29) is 5.82 Å². The van der Waals surface area contributed by atoms with E-state index in [4.69, 9.17) is 16.3 Å². The van der Waals surface area contributed by atoms with Crippen molar-refractivity contribution < 1.29 is 9.13 Å². The van der Waals surface area contributed by atoms with E-state index in [2.05, 4.69) is 10.2 Å². The van der Waals surface area contributed by atoms with Gasteiger partial charge in [0.15, 0.2) is 11.0 Å². The minimum absolute atomic E-state index is 0.350. The molecular formula is C22H17ClFN3OS. The predicted octanol–water partition coefficient (Wildman–Crippen LogP) is 6.03. The predicted molar refractivity (Wildman–Crippen MR) is 114 cm³/mol. The van der Waals surface area contributed by atoms with Gasteiger partial charge in [0.2, 0.25) is 0 Å². The summed E-state index contributed by atoms with van der Waals surface area (Å²) < 4.78 is 21.6. The monoisotopic (exact) mass is 425 g/mol. The van der Waals surface area contributed by atoms with Gasteiger partial charge >= 0.3 is 0 Å². The van der Waals surface area contributed by atoms with Gasteiger partial charge in [0, 0.05) is 10.8 Å². The fourth-order valence-electron chi connectivity index (χ4n) is 2.90. The molecule has 0 spiro atoms. The van der Waals surface area contributed by atoms with Crippen LogP contribution < -0.4 is 4.74 Å². The first-order chi connectivity index (χ1) is 14.2. The van der Waals surface area contributed by atoms with E-state index >= 15 is 0 Å². The van der Waals surface area contributed by atoms with Crippen LogP contribution in [0.4, 0.5) is 4.39 Å². The average molecular weight is 426 g/mol. The summed E-state index contributed by atoms with van der Waals surface area (Å²) in [6.07, 6.45) is 0. The van der Waals surface area contributed by atoms with Gasteiger partial charge in [0.05, 0.1) is 18.4 Å². The van der Waals surface area contributed by atoms with Gasteiger partial charge in [-0.15, -0.1) is 10.2 Å². The Labute approximate surface area is 177 Å². The Morgan fingerprint density at radius 2 is 1.69 bits per heavy atom. The molecule has 4 aromatic rings. The molecule has 0 bridgehead atoms. The second-order valence-corrected chi connectivity index (χ2v) is 7.55. The van der Waals surface area contributed by atoms with Crippen molar-refractivity contribution in [3.63, 3.8) is 0 Å². The van der Waals surface area contributed by atoms with Gasteiger partial charge < -0.3 is 4.74 Å². The van der Waals surface area contributed by atoms with E-state index < -0.39 is 0 Å². The Hall–Kier alpha value is -2.83. The summed E-state index contributed by atoms with van der Waals surface area (Å²) in [5.74, 6) is 1.44. The zero-order valence-electron chi connectivity index (χ0n) is 15.5. The van der Waals surface area contributed by atoms with Crippen molar-refractivity contribution in [3.05, 3.63) is 89.2 Å². The number of nitrogens with zero attached hydrogens (tertiary/aromatic N) is 3. The second kappa shape index (κ2) is 8.68. The summed E-state index contributed by atoms with van der Waals surface area (Å²) in [4.78, 5) is 0. The molecule has 4 nitrogen and oxygen atoms in total. The smallest absolute Gasteiger partial charge is 0.196 e. The summed E-state index contributed by atoms with van der Waals surface area (Å²) in [6.45, 7) is 0. The molecule has 1 heterocycles. The van der Waals surface area contributed by atoms with Gasteiger partial charge in [-0.25, -0.2) is 4.39 Å². The lowest BCUT2D eigenvalue weighted by molar-refractivity contribution is 0.414. The van der Waals surface area contributed by atoms with Gasteiger partial charge in [-0.2, -0.15) is 0 Å². The fraction of sp³-hybridized carbons (Fsp3) is 0.0909. The van der Waals surface area contributed by atoms with Gasteiger partial charge in [0.1, 0.15) is 11.6 Å². The summed E-state index contributed by atoms with van der Waals surface area (Å²) in [5, 5.41) is 9.97. The minimum Gasteiger partial charge on any atom is -0.497 e. The van der Waals surface area contributed by atoms with E-state index in [9.17, 15) is 4.39 Å². The molecule has 0 saturated heterocycles. The third-order valence-electron chi connectivity index (χ3n) is 4.39. The zero-order valence-corrected chi connectivity index (χ0v) is 17.1. The summed E-state index contributed by atoms with van der Waals surface area (Å²) in [7, 11) is 1.61. The lowest BCUT2D eigenvalue weighted by atomic mass is 10.2. The van der Waals surface area contributed by atoms with Crippen molar-refractivity contribution in [2.45, 2.75) is 10.9 Å². The molecule has 0 unspecified atom stereocenters. The molecule has 0 atom stereocenters. The van der Waals surface area contributed by atoms with Crippen molar-refractivity contribution in [1.29, 1.82) is 0 Å². The van der Waals surface area contributed by atoms with Gasteiger partial charge in [-0.3, -0.25) is 4.57 Å². The number of benzene rings is 3. The molecule has 0 aliphatic rings. The van der Waals surface area contributed by atoms with Crippen molar-refractivity contribution in [2.75, 3.05) is 7.11 Å². The van der Waals surface area contributed by atoms with Crippen LogP contribution in [-0.2, 0) is 5.75 Å². The largest absolute Gasteiger partial charge is 0.497 e. The molecule has 0 fully saturated rings. The Morgan fingerprint density at radius 3 is 2.41 bits per heavy atom. The Bertz CT molecular complexity index is 1130. The van der Waals surface area contributed by atoms with E-state index in [0.717, 1.165) is 17.0 Å². The van der Waals surface area contributed by atoms with Crippen LogP contribution in [0.15, 0.2) is 78.0 Å². The van der Waals surface area contributed by atoms with Crippen LogP contribution >= 0.6 is 23.4 Å². The standard InChI is InChI=1S/C22H17ClFN3OS/c1-28-17-12-10-16(11-13-17)27-21(18-7-3-5-9-20(18)24)25-26-22(27)29-14-15-6-2-4-8-19(15)23/h2-13H,14H2,1H3. The lowest BCUT2D eigenvalue weighted by Crippen LogP contribution is -2.01. The molecule has 0 aliphatic carbocycles. The quantitative estimate of drug-likeness (QED) is 0.354. The minimum atomic E-state index is -0.350. The molecule has 146 valence electrons. The fourth-order valence-corrected chi connectivity index (χ4v) is 4.14. The van der Waals surface area contributed by atoms with Crippen molar-refractivity contribution in [3.8, 4) is 22.8 Å². The maximum Gasteiger partial charge on any atom is 0.196 e. The van der Waals surface area contributed by atoms with Gasteiger partial charge in [-0.1, -0.05) is 53.7 Å². The van der Waals surface area contributed by atoms with Crippen LogP contribution in [-0.4, -0.2) is 21.9 Å². The van der Waals surface area contributed by atoms with E-state index in [1.165, 1.54) is 17.8 Å². The molecule has 0 saturated carbocycles. The summed E-state index contributed by atoms with van der Waals surface area (Å²) in [5.41, 5.74) is 2.20. The molecule has 0 radical (unpaired) electrons. The molecule has 0 aliphatic heterocycles. The van der Waals surface area contributed by atoms with Crippen LogP contribution in [0.1, 0.15) is 5.56 Å². The number of methoxy groups -OCH3 is 1. The van der Waals surface area contributed by atoms with Crippen LogP contribution in [0, 0.1) is 5.82 Å². The van der Waals surface area contributed by atoms with Crippen LogP contribution in [0.25, 0.3) is 17.1 Å². The highest BCUT2D eigenvalue weighted by atomic mass is 35.5. The molecule has 0 amide bonds. The SMILES string of the molecule is COc1ccc(-n2c(SCc3ccccc3Cl)nnc2-c2ccccc2F)cc1. The van der Waals surface area contributed by atoms with Gasteiger partial charge in [-0.05, 0) is 48.0 Å². The van der Waals surface area contributed by atoms with E-state index in [1.54, 1.807) is 25.3 Å². The Balaban J connectivity index is 1.76. The molecule has 7 heteroatoms. The topological polar surface area (TPSA) is 39.9 Å². The lowest BCUT2D eigenvalue weighted by Gasteiger charge is -2.12. The van der Waals surface area contributed by atoms with E-state index in [1.807, 2.05) is 53.1 Å². The van der Waals surface area contributed by atoms with Crippen molar-refractivity contribution in [1.82, 2.24) is 14.8 Å². The number of rotatable bonds is 6. The highest BCUT2D eigenvalue weighted by molar-refractivity contribution is 7.98. The first-order valence-corrected chi connectivity index (χ1v) is 10.2. The molecule has 29 heavy (non-hydrogen) atoms. The first kappa shape index (κ1) is 19.5. The number of thioether (sulfide) groups is 1. The highest BCUT2D eigenvalue weighted by Crippen LogP contribution is 2.32. The average Bonchev–Trinajstić information content (AvgIpc) is 3.17. The maximum atomic E-state index is 14.5. The molecule has 3 aromatic carbocycles. The summed E-state index contributed by atoms with van der Waals surface area (Å²) >= 11 is 7.77. The third kappa shape index (κ3) is 4.13. The Morgan fingerprint density at radius 1 is 0.966 bits per heavy atom. The van der Waals surface area contributed by atoms with Crippen LogP contribution in [0.5, 0.6) is 5.75 Å². The van der Waals surface area contributed by atoms with Gasteiger partial charge in [0.25, 0.3) is 0 Å². The molecule has 0 N–H and O–H groups in total. The number of halogens is 2. The first-order valence-electron chi connectivity index (χ1n) is 8.88. The van der Waals surface area contributed by atoms with Crippen molar-refractivity contribution >= 4 is 23.4 Å². The molecular weight excluding hydrogens is 409 g/mol. The normalized spacial score (nSPS) is 10.9. The molecule has 1 aromatic heterocycles. The number of aromatic nitrogens is 3. The van der Waals surface area contributed by atoms with Crippen LogP contribution in [0.2, 0.25) is 5.02 Å². The number of ether oxygens (including phenoxy) is 1. The molecule has 4 rings (SSSR count).